The van der Waals surface area contributed by atoms with E-state index in [-0.39, 0.29) is 0 Å². The monoisotopic (exact) mass is 1020 g/mol. The van der Waals surface area contributed by atoms with Crippen molar-refractivity contribution >= 4 is 32.4 Å². The fraction of sp³-hybridized carbons (Fsp3) is 0.875. The Morgan fingerprint density at radius 3 is 0.683 bits per heavy atom. The molecule has 0 aromatic heterocycles. The molecule has 0 fully saturated rings. The average Bonchev–Trinajstić information content (AvgIpc) is 2.95. The summed E-state index contributed by atoms with van der Waals surface area (Å²) in [5.74, 6) is -43.6. The fourth-order valence-electron chi connectivity index (χ4n) is 2.32. The minimum absolute atomic E-state index is 1.08. The molecular formula is C16F30O12S2. The number of carbonyl (C=O) groups excluding carboxylic acids is 2. The number of hydrogen-bond acceptors (Lipinski definition) is 12. The Kier molecular flexibility index (Phi) is 14.3. The first-order valence-corrected chi connectivity index (χ1v) is 14.6. The van der Waals surface area contributed by atoms with Crippen LogP contribution >= 0.6 is 0 Å². The third-order valence-corrected chi connectivity index (χ3v) is 6.96. The topological polar surface area (TPSA) is 158 Å². The van der Waals surface area contributed by atoms with Crippen LogP contribution in [0.2, 0.25) is 0 Å². The second-order valence-electron chi connectivity index (χ2n) is 9.49. The number of alkyl halides is 28. The summed E-state index contributed by atoms with van der Waals surface area (Å²) < 4.78 is 444. The molecule has 60 heavy (non-hydrogen) atoms. The van der Waals surface area contributed by atoms with Crippen LogP contribution in [0.15, 0.2) is 0 Å². The van der Waals surface area contributed by atoms with Crippen LogP contribution < -0.4 is 0 Å². The van der Waals surface area contributed by atoms with Gasteiger partial charge in [-0.25, -0.2) is 28.8 Å². The van der Waals surface area contributed by atoms with Crippen molar-refractivity contribution in [3.05, 3.63) is 0 Å². The lowest BCUT2D eigenvalue weighted by molar-refractivity contribution is -0.545. The van der Waals surface area contributed by atoms with Crippen molar-refractivity contribution < 1.29 is 186 Å². The molecule has 0 radical (unpaired) electrons. The third-order valence-electron chi connectivity index (χ3n) is 5.26. The summed E-state index contributed by atoms with van der Waals surface area (Å²) in [6, 6.07) is 0. The molecule has 358 valence electrons. The Hall–Kier alpha value is -3.42. The number of hydrogen-bond donors (Lipinski definition) is 0. The number of halogens is 30. The number of rotatable bonds is 18. The maximum Gasteiger partial charge on any atom is 0.464 e. The van der Waals surface area contributed by atoms with E-state index in [1.54, 1.807) is 0 Å². The first-order chi connectivity index (χ1) is 25.4. The molecule has 0 aliphatic rings. The van der Waals surface area contributed by atoms with Gasteiger partial charge in [-0.1, -0.05) is 7.77 Å². The van der Waals surface area contributed by atoms with E-state index in [4.69, 9.17) is 0 Å². The minimum atomic E-state index is -8.61. The van der Waals surface area contributed by atoms with Gasteiger partial charge in [-0.15, -0.1) is 0 Å². The van der Waals surface area contributed by atoms with Crippen LogP contribution in [0.3, 0.4) is 0 Å². The molecule has 0 aromatic carbocycles. The van der Waals surface area contributed by atoms with E-state index in [0.717, 1.165) is 18.9 Å². The van der Waals surface area contributed by atoms with Gasteiger partial charge in [0.1, 0.15) is 0 Å². The van der Waals surface area contributed by atoms with E-state index in [1.807, 2.05) is 9.78 Å². The molecule has 0 bridgehead atoms. The van der Waals surface area contributed by atoms with Gasteiger partial charge >= 0.3 is 115 Å². The molecular weight excluding hydrogens is 1020 g/mol. The molecule has 0 aliphatic heterocycles. The first-order valence-electron chi connectivity index (χ1n) is 11.8. The van der Waals surface area contributed by atoms with Crippen LogP contribution in [0.5, 0.6) is 0 Å². The van der Waals surface area contributed by atoms with Crippen LogP contribution in [-0.4, -0.2) is 112 Å². The van der Waals surface area contributed by atoms with E-state index in [0.29, 0.717) is 0 Å². The molecule has 0 spiro atoms. The van der Waals surface area contributed by atoms with Crippen molar-refractivity contribution in [1.29, 1.82) is 0 Å². The smallest absolute Gasteiger partial charge is 0.262 e. The Balaban J connectivity index is 6.72. The molecule has 2 unspecified atom stereocenters. The number of ether oxygens (including phenoxy) is 4. The van der Waals surface area contributed by atoms with E-state index in [2.05, 4.69) is 0 Å². The maximum atomic E-state index is 14.0. The Morgan fingerprint density at radius 2 is 0.517 bits per heavy atom. The molecule has 44 heteroatoms. The second-order valence-corrected chi connectivity index (χ2v) is 12.3. The summed E-state index contributed by atoms with van der Waals surface area (Å²) in [5.41, 5.74) is 0. The highest BCUT2D eigenvalue weighted by molar-refractivity contribution is 7.87. The van der Waals surface area contributed by atoms with Gasteiger partial charge in [0.2, 0.25) is 0 Å². The summed E-state index contributed by atoms with van der Waals surface area (Å²) in [4.78, 5) is 25.7. The number of carbonyl (C=O) groups is 2. The van der Waals surface area contributed by atoms with Crippen molar-refractivity contribution in [3.63, 3.8) is 0 Å². The van der Waals surface area contributed by atoms with Gasteiger partial charge in [-0.2, -0.15) is 140 Å². The summed E-state index contributed by atoms with van der Waals surface area (Å²) in [6.45, 7) is 0. The highest BCUT2D eigenvalue weighted by atomic mass is 32.3. The lowest BCUT2D eigenvalue weighted by Gasteiger charge is -2.38. The quantitative estimate of drug-likeness (QED) is 0.0594. The van der Waals surface area contributed by atoms with Crippen LogP contribution in [-0.2, 0) is 58.8 Å². The summed E-state index contributed by atoms with van der Waals surface area (Å²) in [7, 11) is -16.9. The zero-order valence-corrected chi connectivity index (χ0v) is 26.7. The molecule has 2 atom stereocenters. The molecule has 0 heterocycles. The van der Waals surface area contributed by atoms with Gasteiger partial charge in [-0.05, 0) is 0 Å². The predicted molar refractivity (Wildman–Crippen MR) is 106 cm³/mol. The van der Waals surface area contributed by atoms with E-state index in [9.17, 15) is 157 Å². The van der Waals surface area contributed by atoms with Crippen molar-refractivity contribution in [2.75, 3.05) is 0 Å². The molecule has 0 N–H and O–H groups in total. The van der Waals surface area contributed by atoms with Crippen LogP contribution in [0.25, 0.3) is 0 Å². The Morgan fingerprint density at radius 1 is 0.317 bits per heavy atom. The maximum absolute atomic E-state index is 14.0. The molecule has 0 aromatic rings. The molecule has 0 aliphatic carbocycles. The average molecular weight is 1020 g/mol. The Bertz CT molecular complexity index is 1710. The van der Waals surface area contributed by atoms with Gasteiger partial charge in [0.05, 0.1) is 0 Å². The van der Waals surface area contributed by atoms with Gasteiger partial charge in [-0.3, -0.25) is 9.47 Å². The zero-order valence-electron chi connectivity index (χ0n) is 25.1. The Labute approximate surface area is 302 Å². The van der Waals surface area contributed by atoms with Gasteiger partial charge in [0.15, 0.2) is 0 Å². The SMILES string of the molecule is O=C(OOC(=O)C(F)(F)C(F)(F)OC(F)(F)C(F)(OC(F)(F)C(F)(F)S(=O)(=O)F)C(F)(F)F)C(F)(F)C(F)(F)OC(F)(F)C(F)(OC(F)(F)C(F)(F)S(=O)(=O)F)C(F)(F)F. The molecule has 0 saturated carbocycles. The summed E-state index contributed by atoms with van der Waals surface area (Å²) >= 11 is 0. The van der Waals surface area contributed by atoms with E-state index < -0.39 is 115 Å². The van der Waals surface area contributed by atoms with Crippen molar-refractivity contribution in [3.8, 4) is 0 Å². The highest BCUT2D eigenvalue weighted by Crippen LogP contribution is 2.57. The van der Waals surface area contributed by atoms with Gasteiger partial charge < -0.3 is 0 Å². The van der Waals surface area contributed by atoms with E-state index >= 15 is 0 Å². The predicted octanol–water partition coefficient (Wildman–Crippen LogP) is 7.12. The van der Waals surface area contributed by atoms with Crippen molar-refractivity contribution in [1.82, 2.24) is 0 Å². The van der Waals surface area contributed by atoms with E-state index in [1.165, 1.54) is 0 Å². The highest BCUT2D eigenvalue weighted by Gasteiger charge is 2.86. The normalized spacial score (nSPS) is 17.8. The fourth-order valence-corrected chi connectivity index (χ4v) is 2.97. The first kappa shape index (κ1) is 56.6. The lowest BCUT2D eigenvalue weighted by atomic mass is 10.2. The second kappa shape index (κ2) is 15.1. The van der Waals surface area contributed by atoms with Crippen molar-refractivity contribution in [2.24, 2.45) is 0 Å². The molecule has 0 rings (SSSR count). The zero-order chi connectivity index (χ0) is 49.4. The third kappa shape index (κ3) is 9.63. The minimum Gasteiger partial charge on any atom is -0.262 e. The standard InChI is InChI=1S/C16F30O12S2/c17-3(18,9(29,30)57-11(33,34)5(21,7(23,24)25)55-13(37,38)15(41,42)59(45,49)50)1(47)53-54-2(48)4(19,20)10(31,32)58-12(35,36)6(22,8(26,27)28)56-14(39,40)16(43,44)60(46,51)52. The van der Waals surface area contributed by atoms with Gasteiger partial charge in [0, 0.05) is 0 Å². The van der Waals surface area contributed by atoms with Crippen LogP contribution in [0.4, 0.5) is 131 Å². The van der Waals surface area contributed by atoms with Crippen molar-refractivity contribution in [2.45, 2.75) is 83.1 Å². The molecule has 0 saturated heterocycles. The largest absolute Gasteiger partial charge is 0.464 e. The summed E-state index contributed by atoms with van der Waals surface area (Å²) in [6.07, 6.45) is -67.2. The molecule has 12 nitrogen and oxygen atoms in total. The van der Waals surface area contributed by atoms with Crippen LogP contribution in [0.1, 0.15) is 0 Å². The van der Waals surface area contributed by atoms with Crippen LogP contribution in [0, 0.1) is 0 Å². The molecule has 0 amide bonds. The van der Waals surface area contributed by atoms with Gasteiger partial charge in [0.25, 0.3) is 0 Å². The summed E-state index contributed by atoms with van der Waals surface area (Å²) in [5, 5.41) is -16.0. The lowest BCUT2D eigenvalue weighted by Crippen LogP contribution is -2.66.